The standard InChI is InChI=1S/C36H65N5O9/c1-8-10-11-12-13-14-15-16-17-29-25(6)36(49)41(7)28(20-23(3)4)34(47)40-31(24(5)9-2)35(48)39-27(22-43)33(46)38-26(18-19-42)32(45)37-21-30(44)50-29/h23-29,31,42-43H,8-22H2,1-7H3,(H,37,45)(H,38,46)(H,39,48)(H,40,47)/t24-,25+,26-,27-,28-,29+,31-/m0/s1. The molecule has 0 spiro atoms. The molecule has 14 nitrogen and oxygen atoms in total. The van der Waals surface area contributed by atoms with Crippen molar-refractivity contribution >= 4 is 35.5 Å². The number of cyclic esters (lactones) is 1. The lowest BCUT2D eigenvalue weighted by molar-refractivity contribution is -0.157. The summed E-state index contributed by atoms with van der Waals surface area (Å²) in [5, 5.41) is 29.6. The average molecular weight is 712 g/mol. The first-order chi connectivity index (χ1) is 23.7. The van der Waals surface area contributed by atoms with E-state index in [9.17, 15) is 39.0 Å². The van der Waals surface area contributed by atoms with Gasteiger partial charge in [-0.1, -0.05) is 92.9 Å². The second-order valence-electron chi connectivity index (χ2n) is 14.1. The highest BCUT2D eigenvalue weighted by atomic mass is 16.5. The van der Waals surface area contributed by atoms with Gasteiger partial charge >= 0.3 is 5.97 Å². The molecule has 0 radical (unpaired) electrons. The van der Waals surface area contributed by atoms with Crippen LogP contribution < -0.4 is 21.3 Å². The molecule has 1 aliphatic rings. The lowest BCUT2D eigenvalue weighted by Crippen LogP contribution is -2.60. The van der Waals surface area contributed by atoms with E-state index in [0.29, 0.717) is 19.3 Å². The number of carbonyl (C=O) groups excluding carboxylic acids is 6. The third kappa shape index (κ3) is 15.3. The molecule has 0 aromatic carbocycles. The number of carbonyl (C=O) groups is 6. The van der Waals surface area contributed by atoms with Gasteiger partial charge in [0.2, 0.25) is 29.5 Å². The van der Waals surface area contributed by atoms with E-state index in [-0.39, 0.29) is 18.8 Å². The van der Waals surface area contributed by atoms with Crippen molar-refractivity contribution < 1.29 is 43.7 Å². The smallest absolute Gasteiger partial charge is 0.325 e. The highest BCUT2D eigenvalue weighted by Gasteiger charge is 2.38. The van der Waals surface area contributed by atoms with Crippen LogP contribution >= 0.6 is 0 Å². The predicted octanol–water partition coefficient (Wildman–Crippen LogP) is 1.94. The Morgan fingerprint density at radius 3 is 1.94 bits per heavy atom. The molecule has 1 heterocycles. The maximum atomic E-state index is 14.0. The van der Waals surface area contributed by atoms with Gasteiger partial charge in [-0.15, -0.1) is 0 Å². The Labute approximate surface area is 298 Å². The van der Waals surface area contributed by atoms with Gasteiger partial charge in [0.1, 0.15) is 36.8 Å². The zero-order chi connectivity index (χ0) is 37.8. The Kier molecular flexibility index (Phi) is 21.5. The minimum atomic E-state index is -1.49. The highest BCUT2D eigenvalue weighted by molar-refractivity contribution is 5.96. The normalized spacial score (nSPS) is 25.8. The summed E-state index contributed by atoms with van der Waals surface area (Å²) >= 11 is 0. The fraction of sp³-hybridized carbons (Fsp3) is 0.833. The van der Waals surface area contributed by atoms with Crippen molar-refractivity contribution in [2.24, 2.45) is 17.8 Å². The van der Waals surface area contributed by atoms with Crippen LogP contribution in [0.1, 0.15) is 119 Å². The van der Waals surface area contributed by atoms with E-state index in [1.54, 1.807) is 13.8 Å². The molecular formula is C36H65N5O9. The maximum Gasteiger partial charge on any atom is 0.325 e. The van der Waals surface area contributed by atoms with E-state index >= 15 is 0 Å². The summed E-state index contributed by atoms with van der Waals surface area (Å²) in [6.45, 7) is 9.40. The highest BCUT2D eigenvalue weighted by Crippen LogP contribution is 2.22. The van der Waals surface area contributed by atoms with E-state index < -0.39 is 97.4 Å². The fourth-order valence-electron chi connectivity index (χ4n) is 5.98. The van der Waals surface area contributed by atoms with Crippen molar-refractivity contribution in [2.75, 3.05) is 26.8 Å². The number of hydrogen-bond acceptors (Lipinski definition) is 9. The van der Waals surface area contributed by atoms with Crippen LogP contribution in [0.4, 0.5) is 0 Å². The van der Waals surface area contributed by atoms with E-state index in [1.807, 2.05) is 20.8 Å². The molecule has 5 amide bonds. The number of ether oxygens (including phenoxy) is 1. The van der Waals surface area contributed by atoms with Crippen molar-refractivity contribution in [1.82, 2.24) is 26.2 Å². The summed E-state index contributed by atoms with van der Waals surface area (Å²) < 4.78 is 5.80. The van der Waals surface area contributed by atoms with Crippen LogP contribution in [0.2, 0.25) is 0 Å². The first-order valence-electron chi connectivity index (χ1n) is 18.6. The van der Waals surface area contributed by atoms with Gasteiger partial charge in [-0.05, 0) is 37.5 Å². The van der Waals surface area contributed by atoms with Crippen LogP contribution in [0.3, 0.4) is 0 Å². The van der Waals surface area contributed by atoms with Crippen molar-refractivity contribution in [2.45, 2.75) is 149 Å². The Hall–Kier alpha value is -3.26. The second-order valence-corrected chi connectivity index (χ2v) is 14.1. The van der Waals surface area contributed by atoms with E-state index in [0.717, 1.165) is 25.7 Å². The number of aliphatic hydroxyl groups excluding tert-OH is 2. The summed E-state index contributed by atoms with van der Waals surface area (Å²) in [5.74, 6) is -5.37. The average Bonchev–Trinajstić information content (AvgIpc) is 3.08. The van der Waals surface area contributed by atoms with Gasteiger partial charge in [0, 0.05) is 13.7 Å². The van der Waals surface area contributed by atoms with Gasteiger partial charge in [-0.25, -0.2) is 0 Å². The third-order valence-corrected chi connectivity index (χ3v) is 9.45. The molecule has 1 rings (SSSR count). The zero-order valence-electron chi connectivity index (χ0n) is 31.4. The molecule has 14 heteroatoms. The second kappa shape index (κ2) is 24.0. The molecule has 288 valence electrons. The molecule has 1 aliphatic heterocycles. The number of nitrogens with zero attached hydrogens (tertiary/aromatic N) is 1. The molecule has 6 N–H and O–H groups in total. The quantitative estimate of drug-likeness (QED) is 0.102. The molecule has 0 unspecified atom stereocenters. The lowest BCUT2D eigenvalue weighted by Gasteiger charge is -2.34. The van der Waals surface area contributed by atoms with Crippen molar-refractivity contribution in [3.05, 3.63) is 0 Å². The van der Waals surface area contributed by atoms with Gasteiger partial charge in [-0.3, -0.25) is 28.8 Å². The first-order valence-corrected chi connectivity index (χ1v) is 18.6. The molecule has 1 fully saturated rings. The van der Waals surface area contributed by atoms with Crippen LogP contribution in [-0.2, 0) is 33.5 Å². The molecule has 1 saturated heterocycles. The Morgan fingerprint density at radius 1 is 0.780 bits per heavy atom. The van der Waals surface area contributed by atoms with Crippen LogP contribution in [0, 0.1) is 17.8 Å². The van der Waals surface area contributed by atoms with Crippen LogP contribution in [-0.4, -0.2) is 108 Å². The summed E-state index contributed by atoms with van der Waals surface area (Å²) in [6.07, 6.45) is 8.57. The topological polar surface area (TPSA) is 203 Å². The fourth-order valence-corrected chi connectivity index (χ4v) is 5.98. The van der Waals surface area contributed by atoms with E-state index in [1.165, 1.54) is 31.2 Å². The number of aliphatic hydroxyl groups is 2. The molecule has 0 saturated carbocycles. The molecular weight excluding hydrogens is 646 g/mol. The number of hydrogen-bond donors (Lipinski definition) is 6. The Bertz CT molecular complexity index is 1090. The SMILES string of the molecule is CCCCCCCCCC[C@H]1OC(=O)CNC(=O)[C@H](CCO)NC(=O)[C@H](CO)NC(=O)[C@H]([C@@H](C)CC)NC(=O)[C@H](CC(C)C)N(C)C(=O)[C@@H]1C. The minimum Gasteiger partial charge on any atom is -0.460 e. The van der Waals surface area contributed by atoms with Gasteiger partial charge in [0.05, 0.1) is 12.5 Å². The Balaban J connectivity index is 3.49. The molecule has 0 aromatic rings. The largest absolute Gasteiger partial charge is 0.460 e. The lowest BCUT2D eigenvalue weighted by atomic mass is 9.94. The monoisotopic (exact) mass is 711 g/mol. The Morgan fingerprint density at radius 2 is 1.38 bits per heavy atom. The predicted molar refractivity (Wildman–Crippen MR) is 189 cm³/mol. The van der Waals surface area contributed by atoms with E-state index in [2.05, 4.69) is 28.2 Å². The molecule has 50 heavy (non-hydrogen) atoms. The molecule has 0 bridgehead atoms. The molecule has 0 aromatic heterocycles. The van der Waals surface area contributed by atoms with Crippen LogP contribution in [0.5, 0.6) is 0 Å². The summed E-state index contributed by atoms with van der Waals surface area (Å²) in [5.41, 5.74) is 0. The number of unbranched alkanes of at least 4 members (excludes halogenated alkanes) is 7. The number of esters is 1. The van der Waals surface area contributed by atoms with Crippen molar-refractivity contribution in [3.8, 4) is 0 Å². The summed E-state index contributed by atoms with van der Waals surface area (Å²) in [7, 11) is 1.52. The minimum absolute atomic E-state index is 0.00214. The van der Waals surface area contributed by atoms with Crippen LogP contribution in [0.15, 0.2) is 0 Å². The molecule has 7 atom stereocenters. The number of amides is 5. The number of likely N-dealkylation sites (N-methyl/N-ethyl adjacent to an activating group) is 1. The number of nitrogens with one attached hydrogen (secondary N) is 4. The van der Waals surface area contributed by atoms with E-state index in [4.69, 9.17) is 4.74 Å². The van der Waals surface area contributed by atoms with Crippen molar-refractivity contribution in [3.63, 3.8) is 0 Å². The molecule has 0 aliphatic carbocycles. The van der Waals surface area contributed by atoms with Gasteiger partial charge in [-0.2, -0.15) is 0 Å². The van der Waals surface area contributed by atoms with Crippen molar-refractivity contribution in [1.29, 1.82) is 0 Å². The zero-order valence-corrected chi connectivity index (χ0v) is 31.4. The van der Waals surface area contributed by atoms with Crippen LogP contribution in [0.25, 0.3) is 0 Å². The number of rotatable bonds is 16. The van der Waals surface area contributed by atoms with Gasteiger partial charge in [0.25, 0.3) is 0 Å². The third-order valence-electron chi connectivity index (χ3n) is 9.45. The first kappa shape index (κ1) is 44.8. The summed E-state index contributed by atoms with van der Waals surface area (Å²) in [6, 6.07) is -4.85. The van der Waals surface area contributed by atoms with Gasteiger partial charge < -0.3 is 41.1 Å². The van der Waals surface area contributed by atoms with Gasteiger partial charge in [0.15, 0.2) is 0 Å². The summed E-state index contributed by atoms with van der Waals surface area (Å²) in [4.78, 5) is 82.0. The maximum absolute atomic E-state index is 14.0.